The van der Waals surface area contributed by atoms with Gasteiger partial charge in [0.25, 0.3) is 10.0 Å². The van der Waals surface area contributed by atoms with Crippen LogP contribution in [-0.4, -0.2) is 26.0 Å². The molecule has 0 atom stereocenters. The number of hydrogen-bond acceptors (Lipinski definition) is 8. The molecule has 10 heteroatoms. The summed E-state index contributed by atoms with van der Waals surface area (Å²) in [6, 6.07) is 21.4. The van der Waals surface area contributed by atoms with E-state index in [-0.39, 0.29) is 16.8 Å². The number of ether oxygens (including phenoxy) is 1. The number of aliphatic imine (C=N–C) groups is 2. The normalized spacial score (nSPS) is 17.2. The molecule has 0 amide bonds. The van der Waals surface area contributed by atoms with Crippen LogP contribution in [0.3, 0.4) is 0 Å². The lowest BCUT2D eigenvalue weighted by atomic mass is 9.87. The van der Waals surface area contributed by atoms with Gasteiger partial charge in [0, 0.05) is 11.4 Å². The van der Waals surface area contributed by atoms with Crippen molar-refractivity contribution in [2.75, 3.05) is 9.62 Å². The lowest BCUT2D eigenvalue weighted by molar-refractivity contribution is 0.305. The zero-order chi connectivity index (χ0) is 26.0. The summed E-state index contributed by atoms with van der Waals surface area (Å²) >= 11 is 0. The molecule has 192 valence electrons. The minimum Gasteiger partial charge on any atom is -0.457 e. The van der Waals surface area contributed by atoms with Crippen molar-refractivity contribution in [3.8, 4) is 11.5 Å². The molecule has 2 aliphatic rings. The number of rotatable bonds is 6. The molecule has 1 spiro atoms. The molecule has 0 radical (unpaired) electrons. The van der Waals surface area contributed by atoms with Crippen LogP contribution in [0.15, 0.2) is 87.7 Å². The SMILES string of the molecule is Cc1ccc(N2C(N)=NC(N)=NC23CCCCC3)cc1S(=O)(=O)Nc1ccc(Oc2ccccc2)cc1. The van der Waals surface area contributed by atoms with E-state index in [4.69, 9.17) is 16.2 Å². The van der Waals surface area contributed by atoms with Crippen LogP contribution >= 0.6 is 0 Å². The van der Waals surface area contributed by atoms with E-state index < -0.39 is 15.7 Å². The van der Waals surface area contributed by atoms with Gasteiger partial charge in [0.1, 0.15) is 17.2 Å². The van der Waals surface area contributed by atoms with Crippen molar-refractivity contribution in [3.05, 3.63) is 78.4 Å². The second kappa shape index (κ2) is 9.78. The molecule has 0 bridgehead atoms. The van der Waals surface area contributed by atoms with Crippen molar-refractivity contribution in [1.29, 1.82) is 0 Å². The van der Waals surface area contributed by atoms with Gasteiger partial charge in [0.05, 0.1) is 4.90 Å². The quantitative estimate of drug-likeness (QED) is 0.433. The highest BCUT2D eigenvalue weighted by Gasteiger charge is 2.42. The smallest absolute Gasteiger partial charge is 0.262 e. The fraction of sp³-hybridized carbons (Fsp3) is 0.259. The Kier molecular flexibility index (Phi) is 6.51. The Morgan fingerprint density at radius 1 is 0.919 bits per heavy atom. The first-order chi connectivity index (χ1) is 17.8. The molecule has 3 aromatic carbocycles. The Morgan fingerprint density at radius 3 is 2.30 bits per heavy atom. The van der Waals surface area contributed by atoms with Crippen LogP contribution < -0.4 is 25.8 Å². The average molecular weight is 519 g/mol. The van der Waals surface area contributed by atoms with E-state index in [0.29, 0.717) is 28.4 Å². The number of nitrogens with one attached hydrogen (secondary N) is 1. The van der Waals surface area contributed by atoms with Crippen molar-refractivity contribution in [1.82, 2.24) is 0 Å². The number of nitrogens with two attached hydrogens (primary N) is 2. The molecule has 0 aromatic heterocycles. The average Bonchev–Trinajstić information content (AvgIpc) is 2.86. The number of hydrogen-bond donors (Lipinski definition) is 3. The highest BCUT2D eigenvalue weighted by Crippen LogP contribution is 2.40. The van der Waals surface area contributed by atoms with E-state index in [9.17, 15) is 8.42 Å². The second-order valence-corrected chi connectivity index (χ2v) is 11.0. The molecule has 3 aromatic rings. The van der Waals surface area contributed by atoms with Crippen LogP contribution in [0.2, 0.25) is 0 Å². The van der Waals surface area contributed by atoms with Crippen molar-refractivity contribution in [3.63, 3.8) is 0 Å². The van der Waals surface area contributed by atoms with Crippen LogP contribution in [0.25, 0.3) is 0 Å². The van der Waals surface area contributed by atoms with Gasteiger partial charge < -0.3 is 16.2 Å². The first kappa shape index (κ1) is 24.6. The van der Waals surface area contributed by atoms with Gasteiger partial charge in [-0.3, -0.25) is 9.62 Å². The molecule has 0 saturated heterocycles. The highest BCUT2D eigenvalue weighted by molar-refractivity contribution is 7.92. The number of anilines is 2. The van der Waals surface area contributed by atoms with E-state index in [1.807, 2.05) is 41.3 Å². The number of nitrogens with zero attached hydrogens (tertiary/aromatic N) is 3. The Balaban J connectivity index is 1.41. The molecule has 5 rings (SSSR count). The van der Waals surface area contributed by atoms with E-state index in [0.717, 1.165) is 32.1 Å². The molecule has 1 aliphatic heterocycles. The third-order valence-electron chi connectivity index (χ3n) is 6.66. The van der Waals surface area contributed by atoms with Crippen LogP contribution in [0.1, 0.15) is 37.7 Å². The first-order valence-corrected chi connectivity index (χ1v) is 13.7. The maximum atomic E-state index is 13.5. The maximum absolute atomic E-state index is 13.5. The number of benzene rings is 3. The van der Waals surface area contributed by atoms with Gasteiger partial charge in [-0.25, -0.2) is 13.4 Å². The van der Waals surface area contributed by atoms with Gasteiger partial charge in [0.15, 0.2) is 0 Å². The molecular formula is C27H30N6O3S. The summed E-state index contributed by atoms with van der Waals surface area (Å²) in [5.41, 5.74) is 13.3. The first-order valence-electron chi connectivity index (χ1n) is 12.2. The summed E-state index contributed by atoms with van der Waals surface area (Å²) in [6.45, 7) is 1.76. The van der Waals surface area contributed by atoms with Crippen molar-refractivity contribution in [2.45, 2.75) is 49.6 Å². The Hall–Kier alpha value is -4.05. The van der Waals surface area contributed by atoms with Gasteiger partial charge >= 0.3 is 0 Å². The Bertz CT molecular complexity index is 1450. The molecule has 1 aliphatic carbocycles. The molecule has 0 unspecified atom stereocenters. The van der Waals surface area contributed by atoms with Gasteiger partial charge in [-0.05, 0) is 86.7 Å². The van der Waals surface area contributed by atoms with Gasteiger partial charge in [0.2, 0.25) is 11.9 Å². The second-order valence-electron chi connectivity index (χ2n) is 9.31. The molecule has 1 heterocycles. The van der Waals surface area contributed by atoms with E-state index in [1.165, 1.54) is 0 Å². The van der Waals surface area contributed by atoms with Crippen molar-refractivity contribution < 1.29 is 13.2 Å². The van der Waals surface area contributed by atoms with Gasteiger partial charge in [-0.2, -0.15) is 4.99 Å². The summed E-state index contributed by atoms with van der Waals surface area (Å²) < 4.78 is 35.4. The van der Waals surface area contributed by atoms with Crippen LogP contribution in [0, 0.1) is 6.92 Å². The predicted molar refractivity (Wildman–Crippen MR) is 146 cm³/mol. The summed E-state index contributed by atoms with van der Waals surface area (Å²) in [5.74, 6) is 1.66. The predicted octanol–water partition coefficient (Wildman–Crippen LogP) is 4.70. The van der Waals surface area contributed by atoms with E-state index >= 15 is 0 Å². The lowest BCUT2D eigenvalue weighted by Gasteiger charge is -2.45. The number of sulfonamides is 1. The summed E-state index contributed by atoms with van der Waals surface area (Å²) in [4.78, 5) is 10.8. The maximum Gasteiger partial charge on any atom is 0.262 e. The summed E-state index contributed by atoms with van der Waals surface area (Å²) in [5, 5.41) is 0. The van der Waals surface area contributed by atoms with Crippen molar-refractivity contribution >= 4 is 33.3 Å². The third kappa shape index (κ3) is 5.10. The topological polar surface area (TPSA) is 135 Å². The number of guanidine groups is 2. The zero-order valence-corrected chi connectivity index (χ0v) is 21.4. The summed E-state index contributed by atoms with van der Waals surface area (Å²) in [7, 11) is -3.91. The van der Waals surface area contributed by atoms with Crippen LogP contribution in [0.4, 0.5) is 11.4 Å². The monoisotopic (exact) mass is 518 g/mol. The number of aryl methyl sites for hydroxylation is 1. The standard InChI is InChI=1S/C27H30N6O3S/c1-19-10-13-21(33-26(29)30-25(28)31-27(33)16-6-3-7-17-27)18-24(19)37(34,35)32-20-11-14-23(15-12-20)36-22-8-4-2-5-9-22/h2,4-5,8-15,18,32H,3,6-7,16-17H2,1H3,(H4,28,29,30,31). The van der Waals surface area contributed by atoms with Crippen LogP contribution in [-0.2, 0) is 10.0 Å². The number of para-hydroxylation sites is 1. The Morgan fingerprint density at radius 2 is 1.59 bits per heavy atom. The molecule has 37 heavy (non-hydrogen) atoms. The molecule has 1 fully saturated rings. The van der Waals surface area contributed by atoms with Gasteiger partial charge in [-0.15, -0.1) is 0 Å². The fourth-order valence-electron chi connectivity index (χ4n) is 4.94. The molecule has 1 saturated carbocycles. The minimum atomic E-state index is -3.91. The van der Waals surface area contributed by atoms with E-state index in [1.54, 1.807) is 43.3 Å². The zero-order valence-electron chi connectivity index (χ0n) is 20.6. The Labute approximate surface area is 216 Å². The van der Waals surface area contributed by atoms with E-state index in [2.05, 4.69) is 14.7 Å². The van der Waals surface area contributed by atoms with Crippen LogP contribution in [0.5, 0.6) is 11.5 Å². The molecule has 5 N–H and O–H groups in total. The molecule has 9 nitrogen and oxygen atoms in total. The summed E-state index contributed by atoms with van der Waals surface area (Å²) in [6.07, 6.45) is 4.58. The van der Waals surface area contributed by atoms with Gasteiger partial charge in [-0.1, -0.05) is 30.7 Å². The fourth-order valence-corrected chi connectivity index (χ4v) is 6.26. The lowest BCUT2D eigenvalue weighted by Crippen LogP contribution is -2.58. The minimum absolute atomic E-state index is 0.149. The van der Waals surface area contributed by atoms with Crippen molar-refractivity contribution in [2.24, 2.45) is 21.5 Å². The highest BCUT2D eigenvalue weighted by atomic mass is 32.2. The largest absolute Gasteiger partial charge is 0.457 e. The third-order valence-corrected chi connectivity index (χ3v) is 8.18. The molecular weight excluding hydrogens is 488 g/mol.